The van der Waals surface area contributed by atoms with Crippen LogP contribution in [0.2, 0.25) is 0 Å². The van der Waals surface area contributed by atoms with E-state index in [2.05, 4.69) is 84.5 Å². The zero-order valence-corrected chi connectivity index (χ0v) is 21.7. The Bertz CT molecular complexity index is 1030. The molecule has 1 atom stereocenters. The molecule has 0 bridgehead atoms. The van der Waals surface area contributed by atoms with Crippen molar-refractivity contribution in [2.24, 2.45) is 5.73 Å². The quantitative estimate of drug-likeness (QED) is 0.288. The van der Waals surface area contributed by atoms with Gasteiger partial charge < -0.3 is 11.1 Å². The predicted octanol–water partition coefficient (Wildman–Crippen LogP) is 4.73. The van der Waals surface area contributed by atoms with Crippen LogP contribution in [0.1, 0.15) is 37.7 Å². The van der Waals surface area contributed by atoms with Crippen molar-refractivity contribution < 1.29 is 4.79 Å². The van der Waals surface area contributed by atoms with Crippen molar-refractivity contribution in [3.05, 3.63) is 63.0 Å². The summed E-state index contributed by atoms with van der Waals surface area (Å²) >= 11 is 6.35. The minimum Gasteiger partial charge on any atom is -0.347 e. The molecule has 0 saturated heterocycles. The van der Waals surface area contributed by atoms with E-state index in [0.717, 1.165) is 39.5 Å². The van der Waals surface area contributed by atoms with Gasteiger partial charge in [-0.2, -0.15) is 5.10 Å². The number of nitrogens with one attached hydrogen (secondary N) is 1. The first-order chi connectivity index (χ1) is 14.6. The fourth-order valence-electron chi connectivity index (χ4n) is 3.82. The number of nitrogens with zero attached hydrogens (tertiary/aromatic N) is 2. The molecule has 3 N–H and O–H groups in total. The predicted molar refractivity (Wildman–Crippen MR) is 140 cm³/mol. The van der Waals surface area contributed by atoms with Crippen LogP contribution in [-0.4, -0.2) is 28.3 Å². The van der Waals surface area contributed by atoms with Gasteiger partial charge >= 0.3 is 0 Å². The molecule has 1 aliphatic rings. The Morgan fingerprint density at radius 2 is 2.00 bits per heavy atom. The Kier molecular flexibility index (Phi) is 7.48. The molecule has 0 spiro atoms. The first-order valence-electron chi connectivity index (χ1n) is 10.0. The van der Waals surface area contributed by atoms with Gasteiger partial charge in [0, 0.05) is 44.0 Å². The van der Waals surface area contributed by atoms with Crippen LogP contribution in [0.25, 0.3) is 11.3 Å². The maximum Gasteiger partial charge on any atom is 0.261 e. The molecular weight excluding hydrogens is 622 g/mol. The third-order valence-electron chi connectivity index (χ3n) is 5.40. The van der Waals surface area contributed by atoms with Gasteiger partial charge in [-0.1, -0.05) is 69.4 Å². The summed E-state index contributed by atoms with van der Waals surface area (Å²) in [5.41, 5.74) is 12.1. The van der Waals surface area contributed by atoms with E-state index >= 15 is 0 Å². The highest BCUT2D eigenvalue weighted by atomic mass is 127. The number of fused-ring (bicyclic) bond motifs is 3. The van der Waals surface area contributed by atoms with Gasteiger partial charge in [0.1, 0.15) is 0 Å². The lowest BCUT2D eigenvalue weighted by Crippen LogP contribution is -2.41. The second-order valence-electron chi connectivity index (χ2n) is 7.49. The third-order valence-corrected chi connectivity index (χ3v) is 8.30. The molecule has 1 aliphatic heterocycles. The van der Waals surface area contributed by atoms with Gasteiger partial charge in [-0.15, -0.1) is 11.3 Å². The average molecular weight is 646 g/mol. The number of amides is 1. The Morgan fingerprint density at radius 1 is 1.23 bits per heavy atom. The molecule has 0 aliphatic carbocycles. The van der Waals surface area contributed by atoms with Gasteiger partial charge in [-0.25, -0.2) is 0 Å². The fourth-order valence-corrected chi connectivity index (χ4v) is 5.99. The molecule has 3 heterocycles. The minimum atomic E-state index is -0.0831. The van der Waals surface area contributed by atoms with Gasteiger partial charge in [-0.3, -0.25) is 9.48 Å². The highest BCUT2D eigenvalue weighted by Crippen LogP contribution is 2.37. The lowest BCUT2D eigenvalue weighted by molar-refractivity contribution is 0.0942. The SMILES string of the molecule is NC[C@H](Cc1ccc(CI)cc1)NC(=O)c1cc2c(s1)CCCn1ncc(CI)c1-2. The van der Waals surface area contributed by atoms with Crippen LogP contribution in [-0.2, 0) is 28.2 Å². The van der Waals surface area contributed by atoms with Gasteiger partial charge in [0.15, 0.2) is 0 Å². The van der Waals surface area contributed by atoms with Crippen molar-refractivity contribution in [3.63, 3.8) is 0 Å². The zero-order valence-electron chi connectivity index (χ0n) is 16.5. The molecule has 5 nitrogen and oxygen atoms in total. The lowest BCUT2D eigenvalue weighted by atomic mass is 10.0. The van der Waals surface area contributed by atoms with E-state index in [1.807, 2.05) is 12.3 Å². The molecule has 0 fully saturated rings. The van der Waals surface area contributed by atoms with Crippen molar-refractivity contribution in [3.8, 4) is 11.3 Å². The highest BCUT2D eigenvalue weighted by molar-refractivity contribution is 14.1. The van der Waals surface area contributed by atoms with E-state index in [1.165, 1.54) is 32.8 Å². The zero-order chi connectivity index (χ0) is 21.1. The molecule has 1 aromatic carbocycles. The molecule has 0 radical (unpaired) electrons. The number of nitrogens with two attached hydrogens (primary N) is 1. The fraction of sp³-hybridized carbons (Fsp3) is 0.364. The molecule has 3 aromatic rings. The molecule has 8 heteroatoms. The van der Waals surface area contributed by atoms with Crippen LogP contribution in [0.5, 0.6) is 0 Å². The standard InChI is InChI=1S/C22H24I2N4OS/c23-10-15-5-3-14(4-6-15)8-17(12-25)27-22(29)20-9-18-19(30-20)2-1-7-28-21(18)16(11-24)13-26-28/h3-6,9,13,17H,1-2,7-8,10-12,25H2,(H,27,29)/t17-/m0/s1. The highest BCUT2D eigenvalue weighted by Gasteiger charge is 2.24. The van der Waals surface area contributed by atoms with E-state index in [4.69, 9.17) is 5.73 Å². The van der Waals surface area contributed by atoms with Crippen molar-refractivity contribution in [1.29, 1.82) is 0 Å². The van der Waals surface area contributed by atoms with Crippen LogP contribution in [0.3, 0.4) is 0 Å². The summed E-state index contributed by atoms with van der Waals surface area (Å²) in [5, 5.41) is 7.71. The number of rotatable bonds is 7. The minimum absolute atomic E-state index is 0.0329. The van der Waals surface area contributed by atoms with Crippen LogP contribution in [0.4, 0.5) is 0 Å². The number of hydrogen-bond acceptors (Lipinski definition) is 4. The molecule has 30 heavy (non-hydrogen) atoms. The van der Waals surface area contributed by atoms with E-state index in [0.29, 0.717) is 6.54 Å². The summed E-state index contributed by atoms with van der Waals surface area (Å²) in [5.74, 6) is -0.0329. The second kappa shape index (κ2) is 10.1. The number of carbonyl (C=O) groups excluding carboxylic acids is 1. The average Bonchev–Trinajstić information content (AvgIpc) is 3.33. The number of carbonyl (C=O) groups is 1. The van der Waals surface area contributed by atoms with Gasteiger partial charge in [-0.05, 0) is 36.5 Å². The maximum absolute atomic E-state index is 13.0. The van der Waals surface area contributed by atoms with Crippen molar-refractivity contribution in [1.82, 2.24) is 15.1 Å². The molecule has 158 valence electrons. The smallest absolute Gasteiger partial charge is 0.261 e. The molecule has 2 aromatic heterocycles. The Hall–Kier alpha value is -0.980. The van der Waals surface area contributed by atoms with Gasteiger partial charge in [0.2, 0.25) is 0 Å². The van der Waals surface area contributed by atoms with Crippen LogP contribution in [0, 0.1) is 0 Å². The number of alkyl halides is 2. The number of thiophene rings is 1. The van der Waals surface area contributed by atoms with Crippen LogP contribution < -0.4 is 11.1 Å². The Morgan fingerprint density at radius 3 is 2.70 bits per heavy atom. The van der Waals surface area contributed by atoms with Crippen LogP contribution >= 0.6 is 56.5 Å². The molecule has 0 saturated carbocycles. The van der Waals surface area contributed by atoms with Gasteiger partial charge in [0.05, 0.1) is 16.8 Å². The number of hydrogen-bond donors (Lipinski definition) is 2. The third kappa shape index (κ3) is 4.76. The molecule has 0 unspecified atom stereocenters. The van der Waals surface area contributed by atoms with Gasteiger partial charge in [0.25, 0.3) is 5.91 Å². The summed E-state index contributed by atoms with van der Waals surface area (Å²) in [6.07, 6.45) is 4.73. The summed E-state index contributed by atoms with van der Waals surface area (Å²) in [7, 11) is 0. The Balaban J connectivity index is 1.52. The lowest BCUT2D eigenvalue weighted by Gasteiger charge is -2.16. The number of benzene rings is 1. The Labute approximate surface area is 208 Å². The van der Waals surface area contributed by atoms with Crippen molar-refractivity contribution in [2.75, 3.05) is 6.54 Å². The van der Waals surface area contributed by atoms with E-state index in [-0.39, 0.29) is 11.9 Å². The summed E-state index contributed by atoms with van der Waals surface area (Å²) in [6.45, 7) is 1.34. The largest absolute Gasteiger partial charge is 0.347 e. The van der Waals surface area contributed by atoms with Crippen molar-refractivity contribution in [2.45, 2.75) is 40.7 Å². The van der Waals surface area contributed by atoms with Crippen LogP contribution in [0.15, 0.2) is 36.5 Å². The number of halogens is 2. The summed E-state index contributed by atoms with van der Waals surface area (Å²) in [4.78, 5) is 15.1. The summed E-state index contributed by atoms with van der Waals surface area (Å²) < 4.78 is 4.00. The molecular formula is C22H24I2N4OS. The first-order valence-corrected chi connectivity index (χ1v) is 13.9. The monoisotopic (exact) mass is 646 g/mol. The number of aromatic nitrogens is 2. The summed E-state index contributed by atoms with van der Waals surface area (Å²) in [6, 6.07) is 10.5. The molecule has 1 amide bonds. The van der Waals surface area contributed by atoms with E-state index in [1.54, 1.807) is 11.3 Å². The normalized spacial score (nSPS) is 14.0. The first kappa shape index (κ1) is 22.2. The van der Waals surface area contributed by atoms with E-state index < -0.39 is 0 Å². The molecule has 4 rings (SSSR count). The topological polar surface area (TPSA) is 72.9 Å². The van der Waals surface area contributed by atoms with E-state index in [9.17, 15) is 4.79 Å². The number of aryl methyl sites for hydroxylation is 2. The van der Waals surface area contributed by atoms with Crippen molar-refractivity contribution >= 4 is 62.4 Å². The second-order valence-corrected chi connectivity index (χ2v) is 10.1. The maximum atomic E-state index is 13.0.